The van der Waals surface area contributed by atoms with Crippen LogP contribution in [0.15, 0.2) is 29.4 Å². The number of nitro groups is 1. The zero-order chi connectivity index (χ0) is 14.3. The number of fused-ring (bicyclic) bond motifs is 1. The molecule has 1 aromatic heterocycles. The van der Waals surface area contributed by atoms with Gasteiger partial charge >= 0.3 is 0 Å². The molecule has 2 unspecified atom stereocenters. The first-order chi connectivity index (χ1) is 9.58. The molecule has 20 heavy (non-hydrogen) atoms. The number of hydrogen-bond acceptors (Lipinski definition) is 5. The molecule has 1 N–H and O–H groups in total. The van der Waals surface area contributed by atoms with Crippen molar-refractivity contribution in [3.8, 4) is 0 Å². The molecule has 8 heteroatoms. The summed E-state index contributed by atoms with van der Waals surface area (Å²) in [4.78, 5) is 22.5. The highest BCUT2D eigenvalue weighted by Gasteiger charge is 2.53. The normalized spacial score (nSPS) is 21.9. The molecule has 1 saturated carbocycles. The smallest absolute Gasteiger partial charge is 0.250 e. The van der Waals surface area contributed by atoms with Gasteiger partial charge in [-0.05, 0) is 12.1 Å². The molecule has 0 saturated heterocycles. The Morgan fingerprint density at radius 1 is 1.55 bits per heavy atom. The summed E-state index contributed by atoms with van der Waals surface area (Å²) in [5.74, 6) is -0.933. The van der Waals surface area contributed by atoms with Crippen LogP contribution in [-0.4, -0.2) is 21.4 Å². The van der Waals surface area contributed by atoms with Gasteiger partial charge in [0.15, 0.2) is 0 Å². The molecule has 104 valence electrons. The second kappa shape index (κ2) is 4.71. The van der Waals surface area contributed by atoms with Crippen LogP contribution < -0.4 is 10.2 Å². The van der Waals surface area contributed by atoms with E-state index in [4.69, 9.17) is 0 Å². The standard InChI is InChI=1S/C12H12N4O3S/c1-15-8-4-2-3-5-10(8)20-12(15)14-13-11(17)7-6-9(7)16(18)19/h2-5,7,9H,6H2,1H3,(H,13,17)/b14-12-. The van der Waals surface area contributed by atoms with Crippen LogP contribution >= 0.6 is 11.3 Å². The number of thiazole rings is 1. The van der Waals surface area contributed by atoms with Gasteiger partial charge in [-0.25, -0.2) is 5.43 Å². The van der Waals surface area contributed by atoms with Crippen molar-refractivity contribution in [3.63, 3.8) is 0 Å². The van der Waals surface area contributed by atoms with Gasteiger partial charge in [-0.1, -0.05) is 23.5 Å². The number of aryl methyl sites for hydroxylation is 1. The molecule has 2 atom stereocenters. The molecular weight excluding hydrogens is 280 g/mol. The third kappa shape index (κ3) is 2.18. The number of amides is 1. The second-order valence-corrected chi connectivity index (χ2v) is 5.70. The molecular formula is C12H12N4O3S. The minimum atomic E-state index is -0.749. The van der Waals surface area contributed by atoms with Crippen LogP contribution in [0.1, 0.15) is 6.42 Å². The van der Waals surface area contributed by atoms with Gasteiger partial charge in [0.1, 0.15) is 5.92 Å². The SMILES string of the molecule is Cn1/c(=N/NC(=O)C2CC2[N+](=O)[O-])sc2ccccc21. The van der Waals surface area contributed by atoms with Gasteiger partial charge in [0.25, 0.3) is 0 Å². The van der Waals surface area contributed by atoms with Crippen molar-refractivity contribution < 1.29 is 9.72 Å². The molecule has 0 spiro atoms. The summed E-state index contributed by atoms with van der Waals surface area (Å²) >= 11 is 1.45. The maximum Gasteiger partial charge on any atom is 0.250 e. The van der Waals surface area contributed by atoms with E-state index < -0.39 is 16.9 Å². The van der Waals surface area contributed by atoms with E-state index in [0.717, 1.165) is 10.2 Å². The van der Waals surface area contributed by atoms with E-state index in [1.54, 1.807) is 0 Å². The van der Waals surface area contributed by atoms with Crippen LogP contribution in [0, 0.1) is 16.0 Å². The predicted molar refractivity (Wildman–Crippen MR) is 73.4 cm³/mol. The van der Waals surface area contributed by atoms with E-state index in [2.05, 4.69) is 10.5 Å². The maximum absolute atomic E-state index is 11.7. The number of aromatic nitrogens is 1. The van der Waals surface area contributed by atoms with Gasteiger partial charge in [-0.3, -0.25) is 14.9 Å². The Morgan fingerprint density at radius 2 is 2.30 bits per heavy atom. The minimum absolute atomic E-state index is 0.299. The monoisotopic (exact) mass is 292 g/mol. The first-order valence-corrected chi connectivity index (χ1v) is 6.91. The van der Waals surface area contributed by atoms with E-state index in [0.29, 0.717) is 11.2 Å². The molecule has 1 aliphatic rings. The zero-order valence-corrected chi connectivity index (χ0v) is 11.5. The quantitative estimate of drug-likeness (QED) is 0.671. The van der Waals surface area contributed by atoms with E-state index in [9.17, 15) is 14.9 Å². The third-order valence-corrected chi connectivity index (χ3v) is 4.45. The zero-order valence-electron chi connectivity index (χ0n) is 10.6. The second-order valence-electron chi connectivity index (χ2n) is 4.69. The Bertz CT molecular complexity index is 763. The molecule has 1 fully saturated rings. The fourth-order valence-corrected chi connectivity index (χ4v) is 3.05. The van der Waals surface area contributed by atoms with Crippen LogP contribution in [0.5, 0.6) is 0 Å². The van der Waals surface area contributed by atoms with Crippen molar-refractivity contribution in [2.75, 3.05) is 0 Å². The van der Waals surface area contributed by atoms with E-state index >= 15 is 0 Å². The highest BCUT2D eigenvalue weighted by Crippen LogP contribution is 2.32. The maximum atomic E-state index is 11.7. The number of rotatable bonds is 3. The summed E-state index contributed by atoms with van der Waals surface area (Å²) in [5, 5.41) is 14.6. The lowest BCUT2D eigenvalue weighted by Crippen LogP contribution is -2.26. The van der Waals surface area contributed by atoms with Crippen LogP contribution in [0.3, 0.4) is 0 Å². The summed E-state index contributed by atoms with van der Waals surface area (Å²) in [5.41, 5.74) is 3.45. The Labute approximate surface area is 117 Å². The number of carbonyl (C=O) groups is 1. The largest absolute Gasteiger partial charge is 0.318 e. The van der Waals surface area contributed by atoms with Crippen molar-refractivity contribution in [1.29, 1.82) is 0 Å². The molecule has 7 nitrogen and oxygen atoms in total. The van der Waals surface area contributed by atoms with E-state index in [-0.39, 0.29) is 5.91 Å². The number of carbonyl (C=O) groups excluding carboxylic acids is 1. The molecule has 3 rings (SSSR count). The average Bonchev–Trinajstić information content (AvgIpc) is 3.18. The number of nitrogens with zero attached hydrogens (tertiary/aromatic N) is 3. The summed E-state index contributed by atoms with van der Waals surface area (Å²) in [6.07, 6.45) is 0.299. The number of benzene rings is 1. The predicted octanol–water partition coefficient (Wildman–Crippen LogP) is 0.837. The van der Waals surface area contributed by atoms with E-state index in [1.807, 2.05) is 35.9 Å². The van der Waals surface area contributed by atoms with Gasteiger partial charge in [0.05, 0.1) is 10.2 Å². The lowest BCUT2D eigenvalue weighted by molar-refractivity contribution is -0.497. The van der Waals surface area contributed by atoms with Gasteiger partial charge in [-0.2, -0.15) is 0 Å². The van der Waals surface area contributed by atoms with Crippen molar-refractivity contribution >= 4 is 27.5 Å². The summed E-state index contributed by atoms with van der Waals surface area (Å²) in [7, 11) is 1.86. The van der Waals surface area contributed by atoms with Gasteiger partial charge in [-0.15, -0.1) is 5.10 Å². The molecule has 1 aliphatic carbocycles. The lowest BCUT2D eigenvalue weighted by atomic mass is 10.3. The first-order valence-electron chi connectivity index (χ1n) is 6.09. The van der Waals surface area contributed by atoms with Gasteiger partial charge < -0.3 is 4.57 Å². The summed E-state index contributed by atoms with van der Waals surface area (Å²) < 4.78 is 2.94. The van der Waals surface area contributed by atoms with Crippen molar-refractivity contribution in [1.82, 2.24) is 9.99 Å². The van der Waals surface area contributed by atoms with Crippen LogP contribution in [0.4, 0.5) is 0 Å². The Morgan fingerprint density at radius 3 is 2.95 bits per heavy atom. The van der Waals surface area contributed by atoms with Crippen molar-refractivity contribution in [3.05, 3.63) is 39.2 Å². The van der Waals surface area contributed by atoms with Gasteiger partial charge in [0.2, 0.25) is 16.8 Å². The minimum Gasteiger partial charge on any atom is -0.318 e. The fourth-order valence-electron chi connectivity index (χ4n) is 2.07. The van der Waals surface area contributed by atoms with Crippen molar-refractivity contribution in [2.24, 2.45) is 18.1 Å². The van der Waals surface area contributed by atoms with Gasteiger partial charge in [0, 0.05) is 18.4 Å². The molecule has 0 aliphatic heterocycles. The molecule has 1 heterocycles. The number of hydrogen-bond donors (Lipinski definition) is 1. The number of nitrogens with one attached hydrogen (secondary N) is 1. The summed E-state index contributed by atoms with van der Waals surface area (Å²) in [6, 6.07) is 7.07. The van der Waals surface area contributed by atoms with Crippen LogP contribution in [0.2, 0.25) is 0 Å². The molecule has 1 amide bonds. The highest BCUT2D eigenvalue weighted by atomic mass is 32.1. The van der Waals surface area contributed by atoms with Crippen LogP contribution in [0.25, 0.3) is 10.2 Å². The molecule has 2 aromatic rings. The average molecular weight is 292 g/mol. The fraction of sp³-hybridized carbons (Fsp3) is 0.333. The first kappa shape index (κ1) is 12.8. The molecule has 0 bridgehead atoms. The number of para-hydroxylation sites is 1. The lowest BCUT2D eigenvalue weighted by Gasteiger charge is -1.96. The Hall–Kier alpha value is -2.22. The van der Waals surface area contributed by atoms with E-state index in [1.165, 1.54) is 11.3 Å². The molecule has 0 radical (unpaired) electrons. The van der Waals surface area contributed by atoms with Crippen molar-refractivity contribution in [2.45, 2.75) is 12.5 Å². The molecule has 1 aromatic carbocycles. The Kier molecular flexibility index (Phi) is 3.01. The Balaban J connectivity index is 1.80. The van der Waals surface area contributed by atoms with Crippen LogP contribution in [-0.2, 0) is 11.8 Å². The topological polar surface area (TPSA) is 89.5 Å². The highest BCUT2D eigenvalue weighted by molar-refractivity contribution is 7.16. The third-order valence-electron chi connectivity index (χ3n) is 3.34. The summed E-state index contributed by atoms with van der Waals surface area (Å²) in [6.45, 7) is 0.